The monoisotopic (exact) mass is 405 g/mol. The number of ether oxygens (including phenoxy) is 1. The van der Waals surface area contributed by atoms with Gasteiger partial charge in [0.1, 0.15) is 11.4 Å². The highest BCUT2D eigenvalue weighted by atomic mass is 32.1. The molecule has 7 heteroatoms. The van der Waals surface area contributed by atoms with Gasteiger partial charge in [-0.25, -0.2) is 0 Å². The summed E-state index contributed by atoms with van der Waals surface area (Å²) in [7, 11) is 0. The van der Waals surface area contributed by atoms with E-state index in [4.69, 9.17) is 4.74 Å². The van der Waals surface area contributed by atoms with Crippen LogP contribution in [0.1, 0.15) is 30.2 Å². The number of benzene rings is 2. The highest BCUT2D eigenvalue weighted by molar-refractivity contribution is 7.15. The molecule has 29 heavy (non-hydrogen) atoms. The molecule has 0 saturated heterocycles. The Morgan fingerprint density at radius 1 is 1.07 bits per heavy atom. The van der Waals surface area contributed by atoms with Gasteiger partial charge in [-0.3, -0.25) is 9.59 Å². The molecule has 0 amide bonds. The van der Waals surface area contributed by atoms with Crippen LogP contribution < -0.4 is 20.4 Å². The fourth-order valence-electron chi connectivity index (χ4n) is 2.87. The van der Waals surface area contributed by atoms with E-state index < -0.39 is 5.56 Å². The van der Waals surface area contributed by atoms with Gasteiger partial charge in [0.25, 0.3) is 11.1 Å². The van der Waals surface area contributed by atoms with Gasteiger partial charge in [-0.1, -0.05) is 60.7 Å². The molecule has 0 spiro atoms. The van der Waals surface area contributed by atoms with Crippen molar-refractivity contribution in [1.82, 2.24) is 14.6 Å². The first kappa shape index (κ1) is 19.0. The van der Waals surface area contributed by atoms with Crippen LogP contribution in [0.15, 0.2) is 64.2 Å². The van der Waals surface area contributed by atoms with Crippen LogP contribution in [0.5, 0.6) is 5.75 Å². The summed E-state index contributed by atoms with van der Waals surface area (Å²) >= 11 is 1.16. The lowest BCUT2D eigenvalue weighted by Crippen LogP contribution is -2.28. The Hall–Kier alpha value is -3.32. The first-order chi connectivity index (χ1) is 14.1. The zero-order valence-electron chi connectivity index (χ0n) is 15.9. The van der Waals surface area contributed by atoms with Crippen molar-refractivity contribution < 1.29 is 4.74 Å². The van der Waals surface area contributed by atoms with Gasteiger partial charge in [0.05, 0.1) is 11.1 Å². The smallest absolute Gasteiger partial charge is 0.296 e. The summed E-state index contributed by atoms with van der Waals surface area (Å²) < 4.78 is 7.27. The Balaban J connectivity index is 1.69. The number of fused-ring (bicyclic) bond motifs is 1. The van der Waals surface area contributed by atoms with E-state index in [0.717, 1.165) is 34.6 Å². The Kier molecular flexibility index (Phi) is 5.48. The van der Waals surface area contributed by atoms with Gasteiger partial charge in [0.2, 0.25) is 4.96 Å². The molecule has 0 radical (unpaired) electrons. The Bertz CT molecular complexity index is 1300. The van der Waals surface area contributed by atoms with E-state index in [1.165, 1.54) is 4.52 Å². The fourth-order valence-corrected chi connectivity index (χ4v) is 3.78. The molecule has 0 saturated carbocycles. The Morgan fingerprint density at radius 2 is 1.83 bits per heavy atom. The SMILES string of the molecule is CCCOc1ccc(/C=c2\sc3nc(=O)c(Cc4ccccc4)nn3c2=O)cc1. The number of hydrogen-bond donors (Lipinski definition) is 0. The second kappa shape index (κ2) is 8.36. The standard InChI is InChI=1S/C22H19N3O3S/c1-2-12-28-17-10-8-16(9-11-17)14-19-21(27)25-22(29-19)23-20(26)18(24-25)13-15-6-4-3-5-7-15/h3-11,14H,2,12-13H2,1H3/b19-14-. The first-order valence-electron chi connectivity index (χ1n) is 9.35. The molecular weight excluding hydrogens is 386 g/mol. The van der Waals surface area contributed by atoms with Crippen LogP contribution in [0.25, 0.3) is 11.0 Å². The average Bonchev–Trinajstić information content (AvgIpc) is 3.03. The van der Waals surface area contributed by atoms with Gasteiger partial charge in [-0.15, -0.1) is 0 Å². The minimum Gasteiger partial charge on any atom is -0.494 e. The van der Waals surface area contributed by atoms with Crippen LogP contribution in [-0.2, 0) is 6.42 Å². The van der Waals surface area contributed by atoms with Crippen molar-refractivity contribution in [1.29, 1.82) is 0 Å². The molecule has 0 aliphatic rings. The van der Waals surface area contributed by atoms with Crippen molar-refractivity contribution in [2.24, 2.45) is 0 Å². The third-order valence-electron chi connectivity index (χ3n) is 4.32. The van der Waals surface area contributed by atoms with Gasteiger partial charge in [-0.2, -0.15) is 14.6 Å². The number of nitrogens with zero attached hydrogens (tertiary/aromatic N) is 3. The molecule has 146 valence electrons. The zero-order valence-corrected chi connectivity index (χ0v) is 16.7. The summed E-state index contributed by atoms with van der Waals surface area (Å²) in [4.78, 5) is 29.5. The summed E-state index contributed by atoms with van der Waals surface area (Å²) in [6, 6.07) is 17.0. The molecule has 0 fully saturated rings. The molecule has 4 aromatic rings. The van der Waals surface area contributed by atoms with Gasteiger partial charge in [-0.05, 0) is 35.8 Å². The minimum absolute atomic E-state index is 0.257. The molecule has 4 rings (SSSR count). The van der Waals surface area contributed by atoms with Crippen molar-refractivity contribution in [3.8, 4) is 5.75 Å². The molecule has 0 N–H and O–H groups in total. The lowest BCUT2D eigenvalue weighted by molar-refractivity contribution is 0.317. The fraction of sp³-hybridized carbons (Fsp3) is 0.182. The second-order valence-electron chi connectivity index (χ2n) is 6.55. The van der Waals surface area contributed by atoms with Crippen LogP contribution >= 0.6 is 11.3 Å². The maximum atomic E-state index is 12.8. The Labute approximate surface area is 170 Å². The van der Waals surface area contributed by atoms with Crippen LogP contribution in [0.4, 0.5) is 0 Å². The largest absolute Gasteiger partial charge is 0.494 e. The number of aromatic nitrogens is 3. The summed E-state index contributed by atoms with van der Waals surface area (Å²) in [5, 5.41) is 4.28. The normalized spacial score (nSPS) is 11.8. The molecule has 6 nitrogen and oxygen atoms in total. The van der Waals surface area contributed by atoms with E-state index in [0.29, 0.717) is 22.5 Å². The zero-order chi connectivity index (χ0) is 20.2. The molecule has 2 heterocycles. The lowest BCUT2D eigenvalue weighted by atomic mass is 10.1. The minimum atomic E-state index is -0.404. The number of thiazole rings is 1. The molecule has 0 aliphatic heterocycles. The first-order valence-corrected chi connectivity index (χ1v) is 10.2. The maximum Gasteiger partial charge on any atom is 0.296 e. The highest BCUT2D eigenvalue weighted by Crippen LogP contribution is 2.13. The van der Waals surface area contributed by atoms with Crippen LogP contribution in [0.2, 0.25) is 0 Å². The van der Waals surface area contributed by atoms with Gasteiger partial charge in [0, 0.05) is 6.42 Å². The number of hydrogen-bond acceptors (Lipinski definition) is 6. The molecule has 0 unspecified atom stereocenters. The molecule has 2 aromatic carbocycles. The van der Waals surface area contributed by atoms with Crippen LogP contribution in [0.3, 0.4) is 0 Å². The van der Waals surface area contributed by atoms with E-state index in [1.54, 1.807) is 6.08 Å². The van der Waals surface area contributed by atoms with Gasteiger partial charge < -0.3 is 4.74 Å². The van der Waals surface area contributed by atoms with Crippen molar-refractivity contribution in [2.45, 2.75) is 19.8 Å². The van der Waals surface area contributed by atoms with E-state index in [-0.39, 0.29) is 11.3 Å². The van der Waals surface area contributed by atoms with Gasteiger partial charge >= 0.3 is 0 Å². The maximum absolute atomic E-state index is 12.8. The second-order valence-corrected chi connectivity index (χ2v) is 7.56. The van der Waals surface area contributed by atoms with Crippen LogP contribution in [0, 0.1) is 0 Å². The predicted octanol–water partition coefficient (Wildman–Crippen LogP) is 2.44. The van der Waals surface area contributed by atoms with Crippen LogP contribution in [-0.4, -0.2) is 21.2 Å². The van der Waals surface area contributed by atoms with E-state index in [1.807, 2.05) is 54.6 Å². The van der Waals surface area contributed by atoms with Crippen molar-refractivity contribution >= 4 is 22.4 Å². The molecular formula is C22H19N3O3S. The molecule has 0 atom stereocenters. The van der Waals surface area contributed by atoms with E-state index >= 15 is 0 Å². The third kappa shape index (κ3) is 4.25. The summed E-state index contributed by atoms with van der Waals surface area (Å²) in [5.41, 5.74) is 1.38. The molecule has 0 aliphatic carbocycles. The van der Waals surface area contributed by atoms with E-state index in [2.05, 4.69) is 17.0 Å². The topological polar surface area (TPSA) is 73.6 Å². The average molecular weight is 405 g/mol. The summed E-state index contributed by atoms with van der Waals surface area (Å²) in [6.07, 6.45) is 3.05. The van der Waals surface area contributed by atoms with Crippen molar-refractivity contribution in [2.75, 3.05) is 6.61 Å². The lowest BCUT2D eigenvalue weighted by Gasteiger charge is -2.03. The Morgan fingerprint density at radius 3 is 2.55 bits per heavy atom. The molecule has 0 bridgehead atoms. The van der Waals surface area contributed by atoms with Crippen molar-refractivity contribution in [3.05, 3.63) is 96.7 Å². The highest BCUT2D eigenvalue weighted by Gasteiger charge is 2.11. The van der Waals surface area contributed by atoms with E-state index in [9.17, 15) is 9.59 Å². The third-order valence-corrected chi connectivity index (χ3v) is 5.27. The summed E-state index contributed by atoms with van der Waals surface area (Å²) in [6.45, 7) is 2.72. The number of rotatable bonds is 6. The quantitative estimate of drug-likeness (QED) is 0.493. The van der Waals surface area contributed by atoms with Crippen molar-refractivity contribution in [3.63, 3.8) is 0 Å². The predicted molar refractivity (Wildman–Crippen MR) is 114 cm³/mol. The van der Waals surface area contributed by atoms with Gasteiger partial charge in [0.15, 0.2) is 0 Å². The molecule has 2 aromatic heterocycles. The summed E-state index contributed by atoms with van der Waals surface area (Å²) in [5.74, 6) is 0.793.